The predicted octanol–water partition coefficient (Wildman–Crippen LogP) is 2.93. The van der Waals surface area contributed by atoms with Crippen LogP contribution in [0.15, 0.2) is 30.3 Å². The lowest BCUT2D eigenvalue weighted by molar-refractivity contribution is -0.142. The summed E-state index contributed by atoms with van der Waals surface area (Å²) in [6.07, 6.45) is 0.928. The molecule has 1 fully saturated rings. The number of hydrogen-bond donors (Lipinski definition) is 0. The fourth-order valence-corrected chi connectivity index (χ4v) is 2.73. The highest BCUT2D eigenvalue weighted by Gasteiger charge is 2.48. The minimum Gasteiger partial charge on any atom is -0.469 e. The van der Waals surface area contributed by atoms with Crippen LogP contribution in [0.2, 0.25) is 0 Å². The Bertz CT molecular complexity index is 350. The van der Waals surface area contributed by atoms with Crippen molar-refractivity contribution in [3.8, 4) is 0 Å². The first kappa shape index (κ1) is 10.7. The van der Waals surface area contributed by atoms with Gasteiger partial charge in [0, 0.05) is 4.83 Å². The maximum Gasteiger partial charge on any atom is 0.308 e. The summed E-state index contributed by atoms with van der Waals surface area (Å²) >= 11 is 3.64. The van der Waals surface area contributed by atoms with E-state index in [9.17, 15) is 4.79 Å². The maximum absolute atomic E-state index is 11.3. The quantitative estimate of drug-likeness (QED) is 0.623. The summed E-state index contributed by atoms with van der Waals surface area (Å²) in [5.41, 5.74) is 1.23. The van der Waals surface area contributed by atoms with Crippen LogP contribution in [0.5, 0.6) is 0 Å². The van der Waals surface area contributed by atoms with Crippen molar-refractivity contribution in [3.63, 3.8) is 0 Å². The van der Waals surface area contributed by atoms with Crippen LogP contribution in [-0.4, -0.2) is 13.1 Å². The smallest absolute Gasteiger partial charge is 0.308 e. The van der Waals surface area contributed by atoms with Gasteiger partial charge in [0.25, 0.3) is 0 Å². The normalized spacial score (nSPS) is 25.7. The summed E-state index contributed by atoms with van der Waals surface area (Å²) in [5.74, 6) is 0.389. The number of hydrogen-bond acceptors (Lipinski definition) is 2. The summed E-state index contributed by atoms with van der Waals surface area (Å²) in [7, 11) is 1.45. The highest BCUT2D eigenvalue weighted by Crippen LogP contribution is 2.51. The van der Waals surface area contributed by atoms with E-state index in [0.717, 1.165) is 6.42 Å². The summed E-state index contributed by atoms with van der Waals surface area (Å²) in [5, 5.41) is 0. The first-order valence-corrected chi connectivity index (χ1v) is 5.92. The number of carbonyl (C=O) groups is 1. The van der Waals surface area contributed by atoms with Gasteiger partial charge in [-0.1, -0.05) is 46.3 Å². The molecule has 3 unspecified atom stereocenters. The van der Waals surface area contributed by atoms with Crippen molar-refractivity contribution in [2.45, 2.75) is 11.2 Å². The van der Waals surface area contributed by atoms with E-state index in [-0.39, 0.29) is 16.7 Å². The molecule has 1 saturated carbocycles. The molecule has 2 rings (SSSR count). The number of carbonyl (C=O) groups excluding carboxylic acids is 1. The average Bonchev–Trinajstić information content (AvgIpc) is 3.08. The Morgan fingerprint density at radius 2 is 2.13 bits per heavy atom. The van der Waals surface area contributed by atoms with Crippen molar-refractivity contribution in [1.82, 2.24) is 0 Å². The van der Waals surface area contributed by atoms with Gasteiger partial charge in [-0.05, 0) is 17.9 Å². The van der Waals surface area contributed by atoms with Crippen molar-refractivity contribution >= 4 is 21.9 Å². The lowest BCUT2D eigenvalue weighted by Gasteiger charge is -2.08. The number of alkyl halides is 1. The number of rotatable bonds is 3. The van der Waals surface area contributed by atoms with Crippen molar-refractivity contribution < 1.29 is 9.53 Å². The highest BCUT2D eigenvalue weighted by atomic mass is 79.9. The number of methoxy groups -OCH3 is 1. The monoisotopic (exact) mass is 268 g/mol. The van der Waals surface area contributed by atoms with Crippen molar-refractivity contribution in [3.05, 3.63) is 35.9 Å². The summed E-state index contributed by atoms with van der Waals surface area (Å²) in [4.78, 5) is 11.5. The molecule has 2 nitrogen and oxygen atoms in total. The molecule has 1 aromatic carbocycles. The van der Waals surface area contributed by atoms with E-state index < -0.39 is 0 Å². The van der Waals surface area contributed by atoms with E-state index in [0.29, 0.717) is 5.92 Å². The zero-order chi connectivity index (χ0) is 10.8. The first-order chi connectivity index (χ1) is 7.24. The molecule has 3 atom stereocenters. The van der Waals surface area contributed by atoms with Crippen LogP contribution in [0.1, 0.15) is 16.8 Å². The molecule has 15 heavy (non-hydrogen) atoms. The highest BCUT2D eigenvalue weighted by molar-refractivity contribution is 9.09. The van der Waals surface area contributed by atoms with E-state index in [1.54, 1.807) is 0 Å². The summed E-state index contributed by atoms with van der Waals surface area (Å²) < 4.78 is 4.73. The van der Waals surface area contributed by atoms with Gasteiger partial charge in [0.05, 0.1) is 13.0 Å². The van der Waals surface area contributed by atoms with Gasteiger partial charge in [0.2, 0.25) is 0 Å². The van der Waals surface area contributed by atoms with E-state index in [2.05, 4.69) is 28.1 Å². The Kier molecular flexibility index (Phi) is 3.10. The maximum atomic E-state index is 11.3. The average molecular weight is 269 g/mol. The summed E-state index contributed by atoms with van der Waals surface area (Å²) in [6.45, 7) is 0. The van der Waals surface area contributed by atoms with Gasteiger partial charge in [0.1, 0.15) is 0 Å². The molecule has 0 saturated heterocycles. The largest absolute Gasteiger partial charge is 0.469 e. The van der Waals surface area contributed by atoms with Gasteiger partial charge in [0.15, 0.2) is 0 Å². The second-order valence-corrected chi connectivity index (χ2v) is 4.83. The molecule has 0 spiro atoms. The molecule has 0 amide bonds. The second kappa shape index (κ2) is 4.35. The van der Waals surface area contributed by atoms with Crippen LogP contribution in [0.25, 0.3) is 0 Å². The predicted molar refractivity (Wildman–Crippen MR) is 61.7 cm³/mol. The fourth-order valence-electron chi connectivity index (χ4n) is 1.84. The molecule has 1 aliphatic rings. The molecule has 0 heterocycles. The molecule has 1 aliphatic carbocycles. The van der Waals surface area contributed by atoms with Crippen molar-refractivity contribution in [1.29, 1.82) is 0 Å². The van der Waals surface area contributed by atoms with E-state index in [4.69, 9.17) is 4.74 Å². The van der Waals surface area contributed by atoms with E-state index in [1.165, 1.54) is 12.7 Å². The van der Waals surface area contributed by atoms with Crippen LogP contribution >= 0.6 is 15.9 Å². The minimum atomic E-state index is -0.0830. The third-order valence-corrected chi connectivity index (χ3v) is 4.05. The number of ether oxygens (including phenoxy) is 1. The van der Waals surface area contributed by atoms with E-state index >= 15 is 0 Å². The molecule has 0 N–H and O–H groups in total. The Morgan fingerprint density at radius 1 is 1.47 bits per heavy atom. The van der Waals surface area contributed by atoms with Crippen LogP contribution in [0.3, 0.4) is 0 Å². The third kappa shape index (κ3) is 2.23. The Hall–Kier alpha value is -0.830. The van der Waals surface area contributed by atoms with Crippen LogP contribution < -0.4 is 0 Å². The van der Waals surface area contributed by atoms with Crippen LogP contribution in [0.4, 0.5) is 0 Å². The molecule has 3 heteroatoms. The van der Waals surface area contributed by atoms with Gasteiger partial charge < -0.3 is 4.74 Å². The molecule has 0 aromatic heterocycles. The summed E-state index contributed by atoms with van der Waals surface area (Å²) in [6, 6.07) is 10.2. The van der Waals surface area contributed by atoms with Gasteiger partial charge in [-0.25, -0.2) is 0 Å². The lowest BCUT2D eigenvalue weighted by atomic mass is 10.1. The first-order valence-electron chi connectivity index (χ1n) is 5.01. The van der Waals surface area contributed by atoms with Gasteiger partial charge in [-0.15, -0.1) is 0 Å². The molecular formula is C12H13BrO2. The van der Waals surface area contributed by atoms with Gasteiger partial charge in [-0.3, -0.25) is 4.79 Å². The number of benzene rings is 1. The Balaban J connectivity index is 2.00. The lowest BCUT2D eigenvalue weighted by Crippen LogP contribution is -2.06. The van der Waals surface area contributed by atoms with Crippen molar-refractivity contribution in [2.24, 2.45) is 11.8 Å². The molecule has 80 valence electrons. The third-order valence-electron chi connectivity index (χ3n) is 2.84. The fraction of sp³-hybridized carbons (Fsp3) is 0.417. The van der Waals surface area contributed by atoms with Gasteiger partial charge in [-0.2, -0.15) is 0 Å². The number of esters is 1. The second-order valence-electron chi connectivity index (χ2n) is 3.84. The Labute approximate surface area is 97.8 Å². The molecular weight excluding hydrogens is 256 g/mol. The van der Waals surface area contributed by atoms with Crippen LogP contribution in [-0.2, 0) is 9.53 Å². The topological polar surface area (TPSA) is 26.3 Å². The molecule has 0 radical (unpaired) electrons. The number of halogens is 1. The van der Waals surface area contributed by atoms with E-state index in [1.807, 2.05) is 18.2 Å². The molecule has 0 bridgehead atoms. The minimum absolute atomic E-state index is 0.0829. The van der Waals surface area contributed by atoms with Crippen molar-refractivity contribution in [2.75, 3.05) is 7.11 Å². The zero-order valence-electron chi connectivity index (χ0n) is 8.52. The SMILES string of the molecule is COC(=O)C1CC1C(Br)c1ccccc1. The van der Waals surface area contributed by atoms with Gasteiger partial charge >= 0.3 is 5.97 Å². The standard InChI is InChI=1S/C12H13BrO2/c1-15-12(14)10-7-9(10)11(13)8-5-3-2-4-6-8/h2-6,9-11H,7H2,1H3. The Morgan fingerprint density at radius 3 is 2.73 bits per heavy atom. The molecule has 1 aromatic rings. The van der Waals surface area contributed by atoms with Crippen LogP contribution in [0, 0.1) is 11.8 Å². The zero-order valence-corrected chi connectivity index (χ0v) is 10.1. The molecule has 0 aliphatic heterocycles.